The highest BCUT2D eigenvalue weighted by molar-refractivity contribution is 7.13. The zero-order chi connectivity index (χ0) is 44.5. The van der Waals surface area contributed by atoms with E-state index >= 15 is 0 Å². The number of rotatable bonds is 11. The Labute approximate surface area is 377 Å². The molecule has 1 fully saturated rings. The fraction of sp³-hybridized carbons (Fsp3) is 0.269. The first-order valence-electron chi connectivity index (χ1n) is 21.6. The van der Waals surface area contributed by atoms with Crippen LogP contribution in [0.2, 0.25) is 0 Å². The number of carbonyl (C=O) groups is 3. The maximum Gasteiger partial charge on any atom is 0.414 e. The van der Waals surface area contributed by atoms with Crippen LogP contribution in [0, 0.1) is 0 Å². The number of aromatic nitrogens is 1. The molecule has 328 valence electrons. The summed E-state index contributed by atoms with van der Waals surface area (Å²) in [5.74, 6) is 0.380. The number of hydrogen-bond acceptors (Lipinski definition) is 9. The molecule has 2 N–H and O–H groups in total. The third-order valence-electron chi connectivity index (χ3n) is 11.7. The Bertz CT molecular complexity index is 2560. The lowest BCUT2D eigenvalue weighted by atomic mass is 9.94. The molecule has 6 aromatic rings. The summed E-state index contributed by atoms with van der Waals surface area (Å²) in [5, 5.41) is 18.1. The molecule has 2 atom stereocenters. The molecule has 2 aliphatic rings. The number of thiazole rings is 1. The summed E-state index contributed by atoms with van der Waals surface area (Å²) in [5.41, 5.74) is 5.19. The van der Waals surface area contributed by atoms with Gasteiger partial charge >= 0.3 is 12.2 Å². The second-order valence-electron chi connectivity index (χ2n) is 16.5. The zero-order valence-corrected chi connectivity index (χ0v) is 36.8. The lowest BCUT2D eigenvalue weighted by Crippen LogP contribution is -2.53. The summed E-state index contributed by atoms with van der Waals surface area (Å²) in [6.07, 6.45) is 4.50. The van der Waals surface area contributed by atoms with Crippen molar-refractivity contribution in [3.05, 3.63) is 185 Å². The summed E-state index contributed by atoms with van der Waals surface area (Å²) in [6.45, 7) is 4.61. The zero-order valence-electron chi connectivity index (χ0n) is 36.0. The molecule has 8 rings (SSSR count). The lowest BCUT2D eigenvalue weighted by molar-refractivity contribution is 0.0319. The van der Waals surface area contributed by atoms with E-state index in [0.29, 0.717) is 34.8 Å². The number of nitrogens with zero attached hydrogens (tertiary/aromatic N) is 3. The number of aliphatic hydroxyl groups is 1. The van der Waals surface area contributed by atoms with Crippen molar-refractivity contribution in [2.75, 3.05) is 24.6 Å². The van der Waals surface area contributed by atoms with Gasteiger partial charge in [-0.25, -0.2) is 14.6 Å². The third kappa shape index (κ3) is 10.7. The fourth-order valence-corrected chi connectivity index (χ4v) is 8.60. The number of amides is 3. The minimum atomic E-state index is -1.25. The first-order chi connectivity index (χ1) is 31.1. The van der Waals surface area contributed by atoms with Crippen LogP contribution in [0.15, 0.2) is 151 Å². The predicted molar refractivity (Wildman–Crippen MR) is 248 cm³/mol. The van der Waals surface area contributed by atoms with Gasteiger partial charge in [-0.2, -0.15) is 0 Å². The van der Waals surface area contributed by atoms with Crippen molar-refractivity contribution in [3.8, 4) is 16.3 Å². The van der Waals surface area contributed by atoms with Crippen LogP contribution in [0.3, 0.4) is 0 Å². The van der Waals surface area contributed by atoms with Crippen LogP contribution in [0.1, 0.15) is 70.8 Å². The molecule has 1 aromatic heterocycles. The number of nitrogens with one attached hydrogen (secondary N) is 1. The molecule has 1 aliphatic heterocycles. The summed E-state index contributed by atoms with van der Waals surface area (Å²) in [6, 6.07) is 39.0. The Morgan fingerprint density at radius 3 is 2.30 bits per heavy atom. The average Bonchev–Trinajstić information content (AvgIpc) is 3.93. The van der Waals surface area contributed by atoms with Crippen LogP contribution in [-0.2, 0) is 34.6 Å². The number of benzene rings is 5. The van der Waals surface area contributed by atoms with Gasteiger partial charge in [0.25, 0.3) is 5.91 Å². The van der Waals surface area contributed by atoms with E-state index in [1.54, 1.807) is 23.2 Å². The predicted octanol–water partition coefficient (Wildman–Crippen LogP) is 10.1. The van der Waals surface area contributed by atoms with E-state index in [1.807, 2.05) is 121 Å². The van der Waals surface area contributed by atoms with Gasteiger partial charge in [0.15, 0.2) is 0 Å². The molecule has 4 bridgehead atoms. The van der Waals surface area contributed by atoms with E-state index in [4.69, 9.17) is 14.2 Å². The highest BCUT2D eigenvalue weighted by atomic mass is 32.1. The van der Waals surface area contributed by atoms with E-state index in [9.17, 15) is 19.5 Å². The van der Waals surface area contributed by atoms with Gasteiger partial charge in [-0.1, -0.05) is 117 Å². The van der Waals surface area contributed by atoms with E-state index in [1.165, 1.54) is 16.2 Å². The van der Waals surface area contributed by atoms with Gasteiger partial charge in [-0.15, -0.1) is 11.3 Å². The number of hydrogen-bond donors (Lipinski definition) is 2. The average molecular weight is 877 g/mol. The molecular formula is C52H52N4O7S. The Morgan fingerprint density at radius 2 is 1.59 bits per heavy atom. The van der Waals surface area contributed by atoms with Crippen molar-refractivity contribution in [2.24, 2.45) is 0 Å². The largest absolute Gasteiger partial charge is 0.490 e. The molecule has 1 saturated carbocycles. The van der Waals surface area contributed by atoms with Crippen LogP contribution >= 0.6 is 11.3 Å². The molecule has 0 radical (unpaired) electrons. The second-order valence-corrected chi connectivity index (χ2v) is 17.4. The standard InChI is InChI=1S/C52H52N4O7S/c1-36(2)40-18-12-19-43(30-40)52(21-22-52)56(51(60)63-35-38-15-7-4-8-16-38)33-47(57)46-28-39-17-11-20-45(27-39)61-25-10-9-24-55(50(59)62-34-37-13-5-3-6-14-37)44-31-41(48(58)54-46)29-42(32-44)49-53-23-26-64-49/h3-20,23,26-27,29-32,36,46-47,57H,21-22,24-25,28,33-35H2,1-2H3,(H,54,58)/b10-9-/t46-,47+/m0/s1. The quantitative estimate of drug-likeness (QED) is 0.123. The van der Waals surface area contributed by atoms with Crippen LogP contribution in [-0.4, -0.2) is 64.9 Å². The normalized spacial score (nSPS) is 16.8. The molecule has 5 aromatic carbocycles. The van der Waals surface area contributed by atoms with Crippen molar-refractivity contribution in [1.82, 2.24) is 15.2 Å². The number of ether oxygens (including phenoxy) is 3. The SMILES string of the molecule is CC(C)c1cccc(C2(N(C[C@@H](O)[C@@H]3Cc4cccc(c4)OC/C=C\CN(C(=O)OCc4ccccc4)c4cc(cc(-c5nccs5)c4)C(=O)N3)C(=O)OCc3ccccc3)CC2)c1. The van der Waals surface area contributed by atoms with Gasteiger partial charge in [0.1, 0.15) is 30.6 Å². The molecule has 1 aliphatic carbocycles. The minimum Gasteiger partial charge on any atom is -0.490 e. The summed E-state index contributed by atoms with van der Waals surface area (Å²) < 4.78 is 17.9. The maximum atomic E-state index is 14.7. The molecule has 3 amide bonds. The Kier molecular flexibility index (Phi) is 13.8. The molecule has 0 unspecified atom stereocenters. The fourth-order valence-electron chi connectivity index (χ4n) is 7.97. The van der Waals surface area contributed by atoms with Crippen LogP contribution < -0.4 is 15.0 Å². The topological polar surface area (TPSA) is 131 Å². The van der Waals surface area contributed by atoms with Crippen LogP contribution in [0.5, 0.6) is 5.75 Å². The van der Waals surface area contributed by atoms with Crippen molar-refractivity contribution in [3.63, 3.8) is 0 Å². The Morgan fingerprint density at radius 1 is 0.875 bits per heavy atom. The van der Waals surface area contributed by atoms with Gasteiger partial charge in [0.05, 0.1) is 24.2 Å². The van der Waals surface area contributed by atoms with Crippen molar-refractivity contribution < 1.29 is 33.7 Å². The van der Waals surface area contributed by atoms with Crippen LogP contribution in [0.4, 0.5) is 15.3 Å². The van der Waals surface area contributed by atoms with Gasteiger partial charge in [-0.05, 0) is 89.4 Å². The lowest BCUT2D eigenvalue weighted by Gasteiger charge is -2.36. The first kappa shape index (κ1) is 43.9. The third-order valence-corrected chi connectivity index (χ3v) is 12.5. The molecule has 11 nitrogen and oxygen atoms in total. The van der Waals surface area contributed by atoms with Crippen molar-refractivity contribution >= 4 is 35.1 Å². The van der Waals surface area contributed by atoms with E-state index in [0.717, 1.165) is 27.8 Å². The Balaban J connectivity index is 1.14. The maximum absolute atomic E-state index is 14.7. The molecule has 0 saturated heterocycles. The van der Waals surface area contributed by atoms with Crippen molar-refractivity contribution in [2.45, 2.75) is 69.9 Å². The van der Waals surface area contributed by atoms with Gasteiger partial charge < -0.3 is 24.6 Å². The smallest absolute Gasteiger partial charge is 0.414 e. The number of aliphatic hydroxyl groups excluding tert-OH is 1. The summed E-state index contributed by atoms with van der Waals surface area (Å²) in [4.78, 5) is 50.7. The molecular weight excluding hydrogens is 825 g/mol. The summed E-state index contributed by atoms with van der Waals surface area (Å²) >= 11 is 1.40. The molecule has 64 heavy (non-hydrogen) atoms. The molecule has 12 heteroatoms. The van der Waals surface area contributed by atoms with E-state index in [-0.39, 0.29) is 50.8 Å². The molecule has 0 spiro atoms. The highest BCUT2D eigenvalue weighted by Gasteiger charge is 2.53. The number of anilines is 1. The summed E-state index contributed by atoms with van der Waals surface area (Å²) in [7, 11) is 0. The van der Waals surface area contributed by atoms with E-state index < -0.39 is 35.8 Å². The van der Waals surface area contributed by atoms with Gasteiger partial charge in [0.2, 0.25) is 0 Å². The monoisotopic (exact) mass is 876 g/mol. The number of fused-ring (bicyclic) bond motifs is 4. The Hall–Kier alpha value is -6.76. The second kappa shape index (κ2) is 20.2. The highest BCUT2D eigenvalue weighted by Crippen LogP contribution is 2.52. The van der Waals surface area contributed by atoms with Gasteiger partial charge in [-0.3, -0.25) is 14.6 Å². The first-order valence-corrected chi connectivity index (χ1v) is 22.5. The van der Waals surface area contributed by atoms with Crippen molar-refractivity contribution in [1.29, 1.82) is 0 Å². The minimum absolute atomic E-state index is 0.0552. The van der Waals surface area contributed by atoms with E-state index in [2.05, 4.69) is 36.3 Å². The molecule has 2 heterocycles. The van der Waals surface area contributed by atoms with Gasteiger partial charge in [0, 0.05) is 34.9 Å². The number of carbonyl (C=O) groups excluding carboxylic acids is 3. The van der Waals surface area contributed by atoms with Crippen LogP contribution in [0.25, 0.3) is 10.6 Å².